The van der Waals surface area contributed by atoms with Crippen molar-refractivity contribution >= 4 is 17.6 Å². The van der Waals surface area contributed by atoms with Crippen LogP contribution in [0.1, 0.15) is 12.0 Å². The first kappa shape index (κ1) is 10.7. The molecule has 0 saturated heterocycles. The summed E-state index contributed by atoms with van der Waals surface area (Å²) in [6, 6.07) is 8.73. The van der Waals surface area contributed by atoms with Crippen molar-refractivity contribution in [1.82, 2.24) is 10.2 Å². The van der Waals surface area contributed by atoms with E-state index in [4.69, 9.17) is 0 Å². The number of benzene rings is 1. The summed E-state index contributed by atoms with van der Waals surface area (Å²) in [6.07, 6.45) is 2.48. The summed E-state index contributed by atoms with van der Waals surface area (Å²) in [5, 5.41) is 10.3. The Morgan fingerprint density at radius 1 is 1.35 bits per heavy atom. The molecule has 4 heteroatoms. The summed E-state index contributed by atoms with van der Waals surface area (Å²) in [4.78, 5) is 1.44. The van der Waals surface area contributed by atoms with E-state index >= 15 is 0 Å². The molecule has 0 radical (unpaired) electrons. The van der Waals surface area contributed by atoms with Gasteiger partial charge in [-0.25, -0.2) is 0 Å². The molecule has 2 N–H and O–H groups in total. The normalized spacial score (nSPS) is 14.4. The van der Waals surface area contributed by atoms with Gasteiger partial charge in [0.05, 0.1) is 5.69 Å². The quantitative estimate of drug-likeness (QED) is 0.854. The van der Waals surface area contributed by atoms with E-state index in [0.717, 1.165) is 11.5 Å². The van der Waals surface area contributed by atoms with Crippen LogP contribution in [0.15, 0.2) is 29.2 Å². The maximum absolute atomic E-state index is 4.18. The Kier molecular flexibility index (Phi) is 2.81. The predicted octanol–water partition coefficient (Wildman–Crippen LogP) is 3.16. The number of aromatic nitrogens is 2. The lowest BCUT2D eigenvalue weighted by molar-refractivity contribution is 0.890. The number of aromatic amines is 1. The molecule has 17 heavy (non-hydrogen) atoms. The number of thioether (sulfide) groups is 1. The average Bonchev–Trinajstić information content (AvgIpc) is 2.87. The number of hydrogen-bond donors (Lipinski definition) is 2. The zero-order valence-electron chi connectivity index (χ0n) is 9.79. The van der Waals surface area contributed by atoms with Crippen molar-refractivity contribution in [3.63, 3.8) is 0 Å². The van der Waals surface area contributed by atoms with Crippen molar-refractivity contribution < 1.29 is 0 Å². The zero-order valence-corrected chi connectivity index (χ0v) is 10.6. The van der Waals surface area contributed by atoms with E-state index in [9.17, 15) is 0 Å². The number of H-pyrrole nitrogens is 1. The van der Waals surface area contributed by atoms with Gasteiger partial charge in [-0.15, -0.1) is 11.8 Å². The van der Waals surface area contributed by atoms with E-state index < -0.39 is 0 Å². The number of anilines is 1. The summed E-state index contributed by atoms with van der Waals surface area (Å²) in [5.74, 6) is 2.13. The zero-order chi connectivity index (χ0) is 11.7. The van der Waals surface area contributed by atoms with Gasteiger partial charge in [-0.2, -0.15) is 5.10 Å². The number of hydrogen-bond acceptors (Lipinski definition) is 3. The standard InChI is InChI=1S/C13H15N3S/c1-14-13-8-11(15-16-13)9-4-5-12-10(7-9)3-2-6-17-12/h4-5,7-8H,2-3,6H2,1H3,(H2,14,15,16). The summed E-state index contributed by atoms with van der Waals surface area (Å²) in [6.45, 7) is 0. The first-order chi connectivity index (χ1) is 8.36. The van der Waals surface area contributed by atoms with E-state index in [1.54, 1.807) is 0 Å². The molecule has 1 aliphatic heterocycles. The monoisotopic (exact) mass is 245 g/mol. The fourth-order valence-electron chi connectivity index (χ4n) is 2.13. The molecular formula is C13H15N3S. The number of rotatable bonds is 2. The van der Waals surface area contributed by atoms with Gasteiger partial charge in [-0.3, -0.25) is 5.10 Å². The van der Waals surface area contributed by atoms with Crippen LogP contribution in [-0.2, 0) is 6.42 Å². The molecule has 0 saturated carbocycles. The third-order valence-electron chi connectivity index (χ3n) is 3.05. The highest BCUT2D eigenvalue weighted by Crippen LogP contribution is 2.33. The van der Waals surface area contributed by atoms with Crippen molar-refractivity contribution in [3.8, 4) is 11.3 Å². The van der Waals surface area contributed by atoms with Gasteiger partial charge >= 0.3 is 0 Å². The Hall–Kier alpha value is -1.42. The molecule has 2 aromatic rings. The Labute approximate surface area is 105 Å². The van der Waals surface area contributed by atoms with E-state index in [1.807, 2.05) is 24.9 Å². The molecule has 3 rings (SSSR count). The first-order valence-electron chi connectivity index (χ1n) is 5.86. The van der Waals surface area contributed by atoms with Gasteiger partial charge in [-0.1, -0.05) is 6.07 Å². The molecule has 0 fully saturated rings. The van der Waals surface area contributed by atoms with Crippen LogP contribution < -0.4 is 5.32 Å². The highest BCUT2D eigenvalue weighted by molar-refractivity contribution is 7.99. The second kappa shape index (κ2) is 4.45. The molecule has 2 heterocycles. The maximum atomic E-state index is 4.18. The SMILES string of the molecule is CNc1cc(-c2ccc3c(c2)CCCS3)[nH]n1. The topological polar surface area (TPSA) is 40.7 Å². The third-order valence-corrected chi connectivity index (χ3v) is 4.26. The van der Waals surface area contributed by atoms with Gasteiger partial charge in [-0.05, 0) is 41.9 Å². The van der Waals surface area contributed by atoms with Gasteiger partial charge in [0.15, 0.2) is 0 Å². The molecule has 0 aliphatic carbocycles. The van der Waals surface area contributed by atoms with Crippen LogP contribution in [0.5, 0.6) is 0 Å². The molecule has 0 bridgehead atoms. The van der Waals surface area contributed by atoms with Crippen molar-refractivity contribution in [2.24, 2.45) is 0 Å². The number of nitrogens with zero attached hydrogens (tertiary/aromatic N) is 1. The highest BCUT2D eigenvalue weighted by Gasteiger charge is 2.11. The largest absolute Gasteiger partial charge is 0.372 e. The Morgan fingerprint density at radius 3 is 3.12 bits per heavy atom. The Balaban J connectivity index is 1.97. The van der Waals surface area contributed by atoms with Crippen LogP contribution in [0, 0.1) is 0 Å². The van der Waals surface area contributed by atoms with Crippen LogP contribution in [0.2, 0.25) is 0 Å². The lowest BCUT2D eigenvalue weighted by atomic mass is 10.0. The maximum Gasteiger partial charge on any atom is 0.148 e. The van der Waals surface area contributed by atoms with E-state index in [2.05, 4.69) is 33.7 Å². The van der Waals surface area contributed by atoms with E-state index in [-0.39, 0.29) is 0 Å². The molecule has 0 spiro atoms. The van der Waals surface area contributed by atoms with Gasteiger partial charge in [0.1, 0.15) is 5.82 Å². The molecule has 1 aliphatic rings. The third kappa shape index (κ3) is 2.05. The molecule has 0 unspecified atom stereocenters. The van der Waals surface area contributed by atoms with Gasteiger partial charge in [0.25, 0.3) is 0 Å². The van der Waals surface area contributed by atoms with Crippen LogP contribution in [0.3, 0.4) is 0 Å². The molecular weight excluding hydrogens is 230 g/mol. The van der Waals surface area contributed by atoms with E-state index in [1.165, 1.54) is 34.6 Å². The number of aryl methyl sites for hydroxylation is 1. The number of nitrogens with one attached hydrogen (secondary N) is 2. The van der Waals surface area contributed by atoms with Crippen molar-refractivity contribution in [1.29, 1.82) is 0 Å². The van der Waals surface area contributed by atoms with Gasteiger partial charge < -0.3 is 5.32 Å². The van der Waals surface area contributed by atoms with Crippen LogP contribution >= 0.6 is 11.8 Å². The summed E-state index contributed by atoms with van der Waals surface area (Å²) in [5.41, 5.74) is 3.77. The van der Waals surface area contributed by atoms with Crippen LogP contribution in [0.4, 0.5) is 5.82 Å². The predicted molar refractivity (Wildman–Crippen MR) is 72.6 cm³/mol. The van der Waals surface area contributed by atoms with Gasteiger partial charge in [0, 0.05) is 18.0 Å². The van der Waals surface area contributed by atoms with Crippen molar-refractivity contribution in [2.45, 2.75) is 17.7 Å². The molecule has 0 amide bonds. The minimum atomic E-state index is 0.882. The highest BCUT2D eigenvalue weighted by atomic mass is 32.2. The minimum absolute atomic E-state index is 0.882. The minimum Gasteiger partial charge on any atom is -0.372 e. The molecule has 3 nitrogen and oxygen atoms in total. The lowest BCUT2D eigenvalue weighted by Gasteiger charge is -2.15. The average molecular weight is 245 g/mol. The summed E-state index contributed by atoms with van der Waals surface area (Å²) < 4.78 is 0. The van der Waals surface area contributed by atoms with Crippen LogP contribution in [-0.4, -0.2) is 23.0 Å². The molecule has 0 atom stereocenters. The smallest absolute Gasteiger partial charge is 0.148 e. The lowest BCUT2D eigenvalue weighted by Crippen LogP contribution is -1.98. The van der Waals surface area contributed by atoms with E-state index in [0.29, 0.717) is 0 Å². The fraction of sp³-hybridized carbons (Fsp3) is 0.308. The second-order valence-electron chi connectivity index (χ2n) is 4.19. The second-order valence-corrected chi connectivity index (χ2v) is 5.33. The van der Waals surface area contributed by atoms with Crippen molar-refractivity contribution in [3.05, 3.63) is 29.8 Å². The number of fused-ring (bicyclic) bond motifs is 1. The summed E-state index contributed by atoms with van der Waals surface area (Å²) in [7, 11) is 1.88. The first-order valence-corrected chi connectivity index (χ1v) is 6.84. The Bertz CT molecular complexity index is 533. The van der Waals surface area contributed by atoms with Gasteiger partial charge in [0.2, 0.25) is 0 Å². The molecule has 1 aromatic carbocycles. The molecule has 88 valence electrons. The summed E-state index contributed by atoms with van der Waals surface area (Å²) >= 11 is 1.96. The van der Waals surface area contributed by atoms with Crippen LogP contribution in [0.25, 0.3) is 11.3 Å². The van der Waals surface area contributed by atoms with Crippen molar-refractivity contribution in [2.75, 3.05) is 18.1 Å². The Morgan fingerprint density at radius 2 is 2.29 bits per heavy atom. The molecule has 1 aromatic heterocycles. The fourth-order valence-corrected chi connectivity index (χ4v) is 3.14.